The second-order valence-corrected chi connectivity index (χ2v) is 6.07. The van der Waals surface area contributed by atoms with Crippen molar-refractivity contribution in [1.29, 1.82) is 0 Å². The summed E-state index contributed by atoms with van der Waals surface area (Å²) >= 11 is 1.21. The van der Waals surface area contributed by atoms with Crippen LogP contribution in [0, 0.1) is 5.82 Å². The van der Waals surface area contributed by atoms with Crippen molar-refractivity contribution in [2.24, 2.45) is 5.73 Å². The zero-order valence-electron chi connectivity index (χ0n) is 12.7. The monoisotopic (exact) mass is 342 g/mol. The number of hydrogen-bond donors (Lipinski definition) is 1. The minimum Gasteiger partial charge on any atom is -0.369 e. The molecular formula is C17H15FN4OS. The highest BCUT2D eigenvalue weighted by molar-refractivity contribution is 7.99. The summed E-state index contributed by atoms with van der Waals surface area (Å²) in [6.07, 6.45) is 0.572. The van der Waals surface area contributed by atoms with Crippen LogP contribution < -0.4 is 5.73 Å². The molecule has 3 rings (SSSR count). The van der Waals surface area contributed by atoms with Crippen molar-refractivity contribution in [3.05, 3.63) is 71.8 Å². The summed E-state index contributed by atoms with van der Waals surface area (Å²) in [6.45, 7) is 0. The van der Waals surface area contributed by atoms with Gasteiger partial charge in [-0.25, -0.2) is 4.39 Å². The minimum atomic E-state index is -0.432. The molecular weight excluding hydrogens is 327 g/mol. The molecule has 0 aliphatic heterocycles. The van der Waals surface area contributed by atoms with E-state index in [2.05, 4.69) is 10.2 Å². The van der Waals surface area contributed by atoms with Gasteiger partial charge >= 0.3 is 0 Å². The van der Waals surface area contributed by atoms with E-state index >= 15 is 0 Å². The van der Waals surface area contributed by atoms with E-state index in [1.54, 1.807) is 12.1 Å². The van der Waals surface area contributed by atoms with Crippen molar-refractivity contribution in [1.82, 2.24) is 14.8 Å². The maximum absolute atomic E-state index is 13.2. The van der Waals surface area contributed by atoms with Gasteiger partial charge in [0.2, 0.25) is 5.91 Å². The van der Waals surface area contributed by atoms with Gasteiger partial charge in [0.15, 0.2) is 5.16 Å². The summed E-state index contributed by atoms with van der Waals surface area (Å²) in [6, 6.07) is 15.9. The fraction of sp³-hybridized carbons (Fsp3) is 0.118. The Morgan fingerprint density at radius 2 is 1.79 bits per heavy atom. The lowest BCUT2D eigenvalue weighted by atomic mass is 10.1. The van der Waals surface area contributed by atoms with Gasteiger partial charge in [0.05, 0.1) is 5.75 Å². The molecule has 2 N–H and O–H groups in total. The first-order chi connectivity index (χ1) is 11.6. The number of carbonyl (C=O) groups excluding carboxylic acids is 1. The Kier molecular flexibility index (Phi) is 4.90. The summed E-state index contributed by atoms with van der Waals surface area (Å²) < 4.78 is 15.0. The van der Waals surface area contributed by atoms with Crippen molar-refractivity contribution in [3.63, 3.8) is 0 Å². The van der Waals surface area contributed by atoms with Crippen LogP contribution in [0.1, 0.15) is 11.4 Å². The maximum atomic E-state index is 13.2. The SMILES string of the molecule is NC(=O)CSc1nnc(Cc2ccccc2)n1-c1ccc(F)cc1. The average molecular weight is 342 g/mol. The van der Waals surface area contributed by atoms with Crippen LogP contribution in [0.15, 0.2) is 59.8 Å². The van der Waals surface area contributed by atoms with E-state index in [1.165, 1.54) is 23.9 Å². The number of primary amides is 1. The van der Waals surface area contributed by atoms with Gasteiger partial charge in [0.25, 0.3) is 0 Å². The third-order valence-electron chi connectivity index (χ3n) is 3.33. The summed E-state index contributed by atoms with van der Waals surface area (Å²) in [5.41, 5.74) is 7.03. The molecule has 3 aromatic rings. The first-order valence-electron chi connectivity index (χ1n) is 7.29. The minimum absolute atomic E-state index is 0.102. The summed E-state index contributed by atoms with van der Waals surface area (Å²) in [7, 11) is 0. The third kappa shape index (κ3) is 3.80. The average Bonchev–Trinajstić information content (AvgIpc) is 2.97. The molecule has 0 aliphatic carbocycles. The first-order valence-corrected chi connectivity index (χ1v) is 8.27. The zero-order chi connectivity index (χ0) is 16.9. The second-order valence-electron chi connectivity index (χ2n) is 5.13. The first kappa shape index (κ1) is 16.2. The molecule has 1 aromatic heterocycles. The highest BCUT2D eigenvalue weighted by Crippen LogP contribution is 2.23. The maximum Gasteiger partial charge on any atom is 0.227 e. The highest BCUT2D eigenvalue weighted by Gasteiger charge is 2.15. The van der Waals surface area contributed by atoms with E-state index in [4.69, 9.17) is 5.73 Å². The molecule has 0 atom stereocenters. The summed E-state index contributed by atoms with van der Waals surface area (Å²) in [4.78, 5) is 11.1. The number of nitrogens with zero attached hydrogens (tertiary/aromatic N) is 3. The molecule has 122 valence electrons. The van der Waals surface area contributed by atoms with Crippen molar-refractivity contribution in [3.8, 4) is 5.69 Å². The molecule has 0 fully saturated rings. The molecule has 0 saturated carbocycles. The molecule has 0 bridgehead atoms. The largest absolute Gasteiger partial charge is 0.369 e. The van der Waals surface area contributed by atoms with Crippen LogP contribution in [0.4, 0.5) is 4.39 Å². The van der Waals surface area contributed by atoms with E-state index in [0.29, 0.717) is 17.4 Å². The van der Waals surface area contributed by atoms with Gasteiger partial charge < -0.3 is 5.73 Å². The fourth-order valence-electron chi connectivity index (χ4n) is 2.27. The highest BCUT2D eigenvalue weighted by atomic mass is 32.2. The van der Waals surface area contributed by atoms with Crippen LogP contribution >= 0.6 is 11.8 Å². The van der Waals surface area contributed by atoms with E-state index in [1.807, 2.05) is 34.9 Å². The molecule has 0 aliphatic rings. The van der Waals surface area contributed by atoms with Crippen LogP contribution in [0.5, 0.6) is 0 Å². The molecule has 24 heavy (non-hydrogen) atoms. The van der Waals surface area contributed by atoms with Gasteiger partial charge in [-0.1, -0.05) is 42.1 Å². The van der Waals surface area contributed by atoms with Crippen molar-refractivity contribution in [2.45, 2.75) is 11.6 Å². The van der Waals surface area contributed by atoms with Crippen LogP contribution in [0.3, 0.4) is 0 Å². The number of nitrogens with two attached hydrogens (primary N) is 1. The Hall–Kier alpha value is -2.67. The van der Waals surface area contributed by atoms with Gasteiger partial charge in [-0.15, -0.1) is 10.2 Å². The number of thioether (sulfide) groups is 1. The third-order valence-corrected chi connectivity index (χ3v) is 4.29. The summed E-state index contributed by atoms with van der Waals surface area (Å²) in [5.74, 6) is 0.0609. The molecule has 7 heteroatoms. The molecule has 1 amide bonds. The Balaban J connectivity index is 1.98. The number of carbonyl (C=O) groups is 1. The molecule has 5 nitrogen and oxygen atoms in total. The van der Waals surface area contributed by atoms with E-state index < -0.39 is 5.91 Å². The number of amides is 1. The lowest BCUT2D eigenvalue weighted by Crippen LogP contribution is -2.14. The quantitative estimate of drug-likeness (QED) is 0.699. The Morgan fingerprint density at radius 1 is 1.08 bits per heavy atom. The summed E-state index contributed by atoms with van der Waals surface area (Å²) in [5, 5.41) is 8.94. The lowest BCUT2D eigenvalue weighted by molar-refractivity contribution is -0.115. The second kappa shape index (κ2) is 7.27. The standard InChI is InChI=1S/C17H15FN4OS/c18-13-6-8-14(9-7-13)22-16(10-12-4-2-1-3-5-12)20-21-17(22)24-11-15(19)23/h1-9H,10-11H2,(H2,19,23). The van der Waals surface area contributed by atoms with Gasteiger partial charge in [-0.2, -0.15) is 0 Å². The van der Waals surface area contributed by atoms with E-state index in [9.17, 15) is 9.18 Å². The van der Waals surface area contributed by atoms with Crippen molar-refractivity contribution < 1.29 is 9.18 Å². The number of hydrogen-bond acceptors (Lipinski definition) is 4. The number of rotatable bonds is 6. The Labute approximate surface area is 142 Å². The van der Waals surface area contributed by atoms with Crippen molar-refractivity contribution >= 4 is 17.7 Å². The van der Waals surface area contributed by atoms with Gasteiger partial charge in [0.1, 0.15) is 11.6 Å². The smallest absolute Gasteiger partial charge is 0.227 e. The fourth-order valence-corrected chi connectivity index (χ4v) is 2.98. The Morgan fingerprint density at radius 3 is 2.46 bits per heavy atom. The lowest BCUT2D eigenvalue weighted by Gasteiger charge is -2.10. The number of benzene rings is 2. The molecule has 0 unspecified atom stereocenters. The van der Waals surface area contributed by atoms with Gasteiger partial charge in [-0.3, -0.25) is 9.36 Å². The molecule has 0 saturated heterocycles. The molecule has 0 spiro atoms. The molecule has 0 radical (unpaired) electrons. The van der Waals surface area contributed by atoms with Gasteiger partial charge in [-0.05, 0) is 29.8 Å². The predicted octanol–water partition coefficient (Wildman–Crippen LogP) is 2.57. The van der Waals surface area contributed by atoms with Crippen LogP contribution in [0.2, 0.25) is 0 Å². The molecule has 1 heterocycles. The van der Waals surface area contributed by atoms with E-state index in [0.717, 1.165) is 11.3 Å². The molecule has 2 aromatic carbocycles. The van der Waals surface area contributed by atoms with Gasteiger partial charge in [0, 0.05) is 12.1 Å². The zero-order valence-corrected chi connectivity index (χ0v) is 13.5. The topological polar surface area (TPSA) is 73.8 Å². The number of halogens is 1. The van der Waals surface area contributed by atoms with Crippen molar-refractivity contribution in [2.75, 3.05) is 5.75 Å². The number of aromatic nitrogens is 3. The van der Waals surface area contributed by atoms with Crippen LogP contribution in [0.25, 0.3) is 5.69 Å². The van der Waals surface area contributed by atoms with Crippen LogP contribution in [-0.2, 0) is 11.2 Å². The normalized spacial score (nSPS) is 10.7. The van der Waals surface area contributed by atoms with Crippen LogP contribution in [-0.4, -0.2) is 26.4 Å². The predicted molar refractivity (Wildman–Crippen MR) is 90.5 cm³/mol. The van der Waals surface area contributed by atoms with E-state index in [-0.39, 0.29) is 11.6 Å². The Bertz CT molecular complexity index is 834.